The predicted molar refractivity (Wildman–Crippen MR) is 73.3 cm³/mol. The second-order valence-electron chi connectivity index (χ2n) is 3.56. The molecule has 0 spiro atoms. The Morgan fingerprint density at radius 1 is 1.26 bits per heavy atom. The van der Waals surface area contributed by atoms with Crippen molar-refractivity contribution in [2.75, 3.05) is 5.32 Å². The summed E-state index contributed by atoms with van der Waals surface area (Å²) in [6.45, 7) is 0. The molecule has 7 heteroatoms. The normalized spacial score (nSPS) is 10.2. The standard InChI is InChI=1S/C12H7BrFNO3S/c13-10-4-3-9(19-10)11(16)15-8-2-1-6(12(17)18)5-7(8)14/h1-5H,(H,15,16)(H,17,18). The Hall–Kier alpha value is -1.73. The van der Waals surface area contributed by atoms with Crippen LogP contribution in [0.3, 0.4) is 0 Å². The third-order valence-electron chi connectivity index (χ3n) is 2.26. The van der Waals surface area contributed by atoms with Crippen LogP contribution in [0.1, 0.15) is 20.0 Å². The molecule has 4 nitrogen and oxygen atoms in total. The molecule has 2 aromatic rings. The minimum Gasteiger partial charge on any atom is -0.478 e. The monoisotopic (exact) mass is 343 g/mol. The Bertz CT molecular complexity index is 656. The lowest BCUT2D eigenvalue weighted by Crippen LogP contribution is -2.12. The lowest BCUT2D eigenvalue weighted by atomic mass is 10.2. The zero-order chi connectivity index (χ0) is 14.0. The number of carbonyl (C=O) groups excluding carboxylic acids is 1. The number of benzene rings is 1. The van der Waals surface area contributed by atoms with Crippen LogP contribution in [-0.4, -0.2) is 17.0 Å². The van der Waals surface area contributed by atoms with Crippen molar-refractivity contribution in [2.45, 2.75) is 0 Å². The number of halogens is 2. The number of rotatable bonds is 3. The van der Waals surface area contributed by atoms with Gasteiger partial charge in [-0.25, -0.2) is 9.18 Å². The molecular weight excluding hydrogens is 337 g/mol. The Morgan fingerprint density at radius 2 is 2.00 bits per heavy atom. The highest BCUT2D eigenvalue weighted by Crippen LogP contribution is 2.24. The molecule has 0 fully saturated rings. The molecule has 1 aromatic heterocycles. The van der Waals surface area contributed by atoms with Gasteiger partial charge in [-0.05, 0) is 46.3 Å². The van der Waals surface area contributed by atoms with E-state index < -0.39 is 17.7 Å². The Kier molecular flexibility index (Phi) is 3.96. The maximum atomic E-state index is 13.6. The number of thiophene rings is 1. The van der Waals surface area contributed by atoms with Crippen LogP contribution in [0.15, 0.2) is 34.1 Å². The minimum absolute atomic E-state index is 0.0560. The first-order valence-corrected chi connectivity index (χ1v) is 6.68. The summed E-state index contributed by atoms with van der Waals surface area (Å²) < 4.78 is 14.4. The van der Waals surface area contributed by atoms with Gasteiger partial charge in [-0.1, -0.05) is 0 Å². The van der Waals surface area contributed by atoms with Crippen LogP contribution < -0.4 is 5.32 Å². The molecule has 0 saturated carbocycles. The molecule has 0 saturated heterocycles. The van der Waals surface area contributed by atoms with Gasteiger partial charge in [0.05, 0.1) is 19.9 Å². The molecule has 0 atom stereocenters. The largest absolute Gasteiger partial charge is 0.478 e. The van der Waals surface area contributed by atoms with Crippen LogP contribution in [0.5, 0.6) is 0 Å². The van der Waals surface area contributed by atoms with E-state index in [9.17, 15) is 14.0 Å². The summed E-state index contributed by atoms with van der Waals surface area (Å²) in [5, 5.41) is 11.1. The molecule has 0 bridgehead atoms. The summed E-state index contributed by atoms with van der Waals surface area (Å²) >= 11 is 4.44. The second-order valence-corrected chi connectivity index (χ2v) is 6.02. The van der Waals surface area contributed by atoms with Crippen LogP contribution >= 0.6 is 27.3 Å². The number of carboxylic acid groups (broad SMARTS) is 1. The van der Waals surface area contributed by atoms with Gasteiger partial charge in [-0.2, -0.15) is 0 Å². The molecule has 1 aromatic carbocycles. The van der Waals surface area contributed by atoms with E-state index in [0.29, 0.717) is 4.88 Å². The molecule has 1 heterocycles. The smallest absolute Gasteiger partial charge is 0.335 e. The summed E-state index contributed by atoms with van der Waals surface area (Å²) in [5.74, 6) is -2.46. The van der Waals surface area contributed by atoms with Crippen molar-refractivity contribution in [3.63, 3.8) is 0 Å². The van der Waals surface area contributed by atoms with Gasteiger partial charge in [-0.15, -0.1) is 11.3 Å². The zero-order valence-corrected chi connectivity index (χ0v) is 11.7. The molecular formula is C12H7BrFNO3S. The van der Waals surface area contributed by atoms with Crippen LogP contribution in [0.2, 0.25) is 0 Å². The van der Waals surface area contributed by atoms with Crippen molar-refractivity contribution >= 4 is 44.8 Å². The number of amides is 1. The van der Waals surface area contributed by atoms with Crippen molar-refractivity contribution in [1.29, 1.82) is 0 Å². The van der Waals surface area contributed by atoms with Crippen molar-refractivity contribution in [1.82, 2.24) is 0 Å². The van der Waals surface area contributed by atoms with Crippen molar-refractivity contribution in [3.05, 3.63) is 50.4 Å². The van der Waals surface area contributed by atoms with E-state index in [-0.39, 0.29) is 11.3 Å². The number of aromatic carboxylic acids is 1. The van der Waals surface area contributed by atoms with E-state index in [4.69, 9.17) is 5.11 Å². The van der Waals surface area contributed by atoms with E-state index in [2.05, 4.69) is 21.2 Å². The number of anilines is 1. The van der Waals surface area contributed by atoms with E-state index in [1.54, 1.807) is 12.1 Å². The zero-order valence-electron chi connectivity index (χ0n) is 9.31. The Balaban J connectivity index is 2.20. The fourth-order valence-corrected chi connectivity index (χ4v) is 2.65. The molecule has 0 aliphatic heterocycles. The summed E-state index contributed by atoms with van der Waals surface area (Å²) in [4.78, 5) is 22.9. The predicted octanol–water partition coefficient (Wildman–Crippen LogP) is 3.60. The van der Waals surface area contributed by atoms with Crippen molar-refractivity contribution < 1.29 is 19.1 Å². The SMILES string of the molecule is O=C(O)c1ccc(NC(=O)c2ccc(Br)s2)c(F)c1. The average Bonchev–Trinajstić information content (AvgIpc) is 2.78. The van der Waals surface area contributed by atoms with Crippen molar-refractivity contribution in [2.24, 2.45) is 0 Å². The first-order chi connectivity index (χ1) is 8.97. The molecule has 2 N–H and O–H groups in total. The minimum atomic E-state index is -1.22. The van der Waals surface area contributed by atoms with Gasteiger partial charge < -0.3 is 10.4 Å². The van der Waals surface area contributed by atoms with Gasteiger partial charge in [0.2, 0.25) is 0 Å². The van der Waals surface area contributed by atoms with Crippen molar-refractivity contribution in [3.8, 4) is 0 Å². The molecule has 0 radical (unpaired) electrons. The molecule has 98 valence electrons. The van der Waals surface area contributed by atoms with Gasteiger partial charge in [-0.3, -0.25) is 4.79 Å². The summed E-state index contributed by atoms with van der Waals surface area (Å²) in [6.07, 6.45) is 0. The molecule has 19 heavy (non-hydrogen) atoms. The van der Waals surface area contributed by atoms with E-state index in [0.717, 1.165) is 9.85 Å². The third kappa shape index (κ3) is 3.18. The van der Waals surface area contributed by atoms with E-state index in [1.165, 1.54) is 23.5 Å². The van der Waals surface area contributed by atoms with Gasteiger partial charge in [0.25, 0.3) is 5.91 Å². The van der Waals surface area contributed by atoms with Gasteiger partial charge >= 0.3 is 5.97 Å². The number of carbonyl (C=O) groups is 2. The Labute approximate surface area is 120 Å². The number of carboxylic acids is 1. The van der Waals surface area contributed by atoms with Crippen LogP contribution in [0.25, 0.3) is 0 Å². The van der Waals surface area contributed by atoms with Crippen LogP contribution in [-0.2, 0) is 0 Å². The second kappa shape index (κ2) is 5.50. The Morgan fingerprint density at radius 3 is 2.53 bits per heavy atom. The summed E-state index contributed by atoms with van der Waals surface area (Å²) in [7, 11) is 0. The topological polar surface area (TPSA) is 66.4 Å². The summed E-state index contributed by atoms with van der Waals surface area (Å²) in [5.41, 5.74) is -0.228. The lowest BCUT2D eigenvalue weighted by molar-refractivity contribution is 0.0696. The average molecular weight is 344 g/mol. The van der Waals surface area contributed by atoms with E-state index in [1.807, 2.05) is 0 Å². The molecule has 1 amide bonds. The quantitative estimate of drug-likeness (QED) is 0.894. The molecule has 2 rings (SSSR count). The molecule has 0 aliphatic rings. The van der Waals surface area contributed by atoms with Gasteiger partial charge in [0, 0.05) is 0 Å². The maximum absolute atomic E-state index is 13.6. The van der Waals surface area contributed by atoms with Gasteiger partial charge in [0.1, 0.15) is 5.82 Å². The fourth-order valence-electron chi connectivity index (χ4n) is 1.37. The highest BCUT2D eigenvalue weighted by atomic mass is 79.9. The van der Waals surface area contributed by atoms with E-state index >= 15 is 0 Å². The first-order valence-electron chi connectivity index (χ1n) is 5.07. The number of hydrogen-bond acceptors (Lipinski definition) is 3. The summed E-state index contributed by atoms with van der Waals surface area (Å²) in [6, 6.07) is 6.63. The number of hydrogen-bond donors (Lipinski definition) is 2. The lowest BCUT2D eigenvalue weighted by Gasteiger charge is -2.05. The molecule has 0 aliphatic carbocycles. The first kappa shape index (κ1) is 13.7. The van der Waals surface area contributed by atoms with Crippen LogP contribution in [0.4, 0.5) is 10.1 Å². The van der Waals surface area contributed by atoms with Crippen LogP contribution in [0, 0.1) is 5.82 Å². The highest BCUT2D eigenvalue weighted by Gasteiger charge is 2.13. The van der Waals surface area contributed by atoms with Gasteiger partial charge in [0.15, 0.2) is 0 Å². The number of nitrogens with one attached hydrogen (secondary N) is 1. The highest BCUT2D eigenvalue weighted by molar-refractivity contribution is 9.11. The molecule has 0 unspecified atom stereocenters. The maximum Gasteiger partial charge on any atom is 0.335 e. The fraction of sp³-hybridized carbons (Fsp3) is 0. The third-order valence-corrected chi connectivity index (χ3v) is 3.88.